The molecule has 0 atom stereocenters. The topological polar surface area (TPSA) is 0 Å². The molecule has 0 saturated heterocycles. The van der Waals surface area contributed by atoms with Crippen molar-refractivity contribution >= 4 is 11.8 Å². The molecule has 1 saturated carbocycles. The molecule has 0 heterocycles. The van der Waals surface area contributed by atoms with Crippen LogP contribution in [0.15, 0.2) is 0 Å². The zero-order valence-electron chi connectivity index (χ0n) is 7.81. The van der Waals surface area contributed by atoms with Gasteiger partial charge >= 0.3 is 0 Å². The Morgan fingerprint density at radius 2 is 1.82 bits per heavy atom. The van der Waals surface area contributed by atoms with Crippen LogP contribution in [0.3, 0.4) is 0 Å². The van der Waals surface area contributed by atoms with Crippen molar-refractivity contribution in [1.82, 2.24) is 0 Å². The number of hydrogen-bond donors (Lipinski definition) is 0. The first-order valence-electron chi connectivity index (χ1n) is 4.82. The molecule has 0 nitrogen and oxygen atoms in total. The summed E-state index contributed by atoms with van der Waals surface area (Å²) in [7, 11) is 0. The standard InChI is InChI=1S/C10H20S/c1-9-3-5-10(6-4-9)7-8-11-2/h9-10H,3-8H2,1-2H3. The quantitative estimate of drug-likeness (QED) is 0.627. The van der Waals surface area contributed by atoms with Gasteiger partial charge in [-0.3, -0.25) is 0 Å². The highest BCUT2D eigenvalue weighted by atomic mass is 32.2. The van der Waals surface area contributed by atoms with Gasteiger partial charge in [0.1, 0.15) is 0 Å². The molecule has 0 unspecified atom stereocenters. The SMILES string of the molecule is CSCCC1CCC(C)CC1. The molecule has 0 amide bonds. The van der Waals surface area contributed by atoms with E-state index in [-0.39, 0.29) is 0 Å². The number of hydrogen-bond acceptors (Lipinski definition) is 1. The van der Waals surface area contributed by atoms with Crippen LogP contribution in [0, 0.1) is 11.8 Å². The molecule has 0 bridgehead atoms. The predicted octanol–water partition coefficient (Wildman–Crippen LogP) is 3.57. The maximum absolute atomic E-state index is 2.39. The fraction of sp³-hybridized carbons (Fsp3) is 1.00. The molecule has 1 fully saturated rings. The highest BCUT2D eigenvalue weighted by molar-refractivity contribution is 7.98. The van der Waals surface area contributed by atoms with Crippen molar-refractivity contribution in [2.24, 2.45) is 11.8 Å². The second-order valence-electron chi connectivity index (χ2n) is 3.91. The zero-order chi connectivity index (χ0) is 8.10. The highest BCUT2D eigenvalue weighted by Crippen LogP contribution is 2.30. The van der Waals surface area contributed by atoms with Crippen molar-refractivity contribution in [1.29, 1.82) is 0 Å². The lowest BCUT2D eigenvalue weighted by Gasteiger charge is -2.25. The highest BCUT2D eigenvalue weighted by Gasteiger charge is 2.17. The van der Waals surface area contributed by atoms with E-state index >= 15 is 0 Å². The van der Waals surface area contributed by atoms with Crippen LogP contribution in [0.25, 0.3) is 0 Å². The van der Waals surface area contributed by atoms with Crippen molar-refractivity contribution in [3.63, 3.8) is 0 Å². The molecular formula is C10H20S. The molecule has 0 aliphatic heterocycles. The number of thioether (sulfide) groups is 1. The third kappa shape index (κ3) is 3.50. The Bertz CT molecular complexity index is 90.3. The van der Waals surface area contributed by atoms with Gasteiger partial charge in [0, 0.05) is 0 Å². The van der Waals surface area contributed by atoms with Crippen LogP contribution in [0.4, 0.5) is 0 Å². The molecule has 66 valence electrons. The van der Waals surface area contributed by atoms with Gasteiger partial charge in [-0.1, -0.05) is 32.6 Å². The average molecular weight is 172 g/mol. The van der Waals surface area contributed by atoms with E-state index in [1.165, 1.54) is 37.9 Å². The van der Waals surface area contributed by atoms with Gasteiger partial charge in [-0.15, -0.1) is 0 Å². The van der Waals surface area contributed by atoms with E-state index in [0.29, 0.717) is 0 Å². The van der Waals surface area contributed by atoms with E-state index in [9.17, 15) is 0 Å². The molecule has 11 heavy (non-hydrogen) atoms. The van der Waals surface area contributed by atoms with Gasteiger partial charge in [-0.25, -0.2) is 0 Å². The molecule has 0 aromatic heterocycles. The Morgan fingerprint density at radius 1 is 1.18 bits per heavy atom. The van der Waals surface area contributed by atoms with E-state index in [1.807, 2.05) is 11.8 Å². The zero-order valence-corrected chi connectivity index (χ0v) is 8.62. The van der Waals surface area contributed by atoms with E-state index in [0.717, 1.165) is 11.8 Å². The molecule has 0 N–H and O–H groups in total. The monoisotopic (exact) mass is 172 g/mol. The van der Waals surface area contributed by atoms with Crippen molar-refractivity contribution in [2.75, 3.05) is 12.0 Å². The molecule has 0 aromatic rings. The summed E-state index contributed by atoms with van der Waals surface area (Å²) in [5, 5.41) is 0. The summed E-state index contributed by atoms with van der Waals surface area (Å²) >= 11 is 2.00. The lowest BCUT2D eigenvalue weighted by atomic mass is 9.82. The maximum atomic E-state index is 2.39. The molecule has 0 spiro atoms. The molecule has 1 aliphatic carbocycles. The smallest absolute Gasteiger partial charge is 0.00677 e. The van der Waals surface area contributed by atoms with Crippen molar-refractivity contribution in [3.8, 4) is 0 Å². The van der Waals surface area contributed by atoms with Crippen LogP contribution in [0.5, 0.6) is 0 Å². The first-order valence-corrected chi connectivity index (χ1v) is 6.21. The average Bonchev–Trinajstić information content (AvgIpc) is 2.04. The normalized spacial score (nSPS) is 32.2. The lowest BCUT2D eigenvalue weighted by Crippen LogP contribution is -2.12. The minimum atomic E-state index is 1.01. The first-order chi connectivity index (χ1) is 5.33. The van der Waals surface area contributed by atoms with E-state index < -0.39 is 0 Å². The summed E-state index contributed by atoms with van der Waals surface area (Å²) in [6.45, 7) is 2.39. The van der Waals surface area contributed by atoms with Gasteiger partial charge in [0.25, 0.3) is 0 Å². The van der Waals surface area contributed by atoms with Gasteiger partial charge in [-0.2, -0.15) is 11.8 Å². The summed E-state index contributed by atoms with van der Waals surface area (Å²) in [5.41, 5.74) is 0. The Balaban J connectivity index is 2.07. The third-order valence-corrected chi connectivity index (χ3v) is 3.51. The van der Waals surface area contributed by atoms with E-state index in [1.54, 1.807) is 0 Å². The van der Waals surface area contributed by atoms with Crippen LogP contribution in [0.1, 0.15) is 39.0 Å². The van der Waals surface area contributed by atoms with Gasteiger partial charge in [0.15, 0.2) is 0 Å². The van der Waals surface area contributed by atoms with Crippen molar-refractivity contribution < 1.29 is 0 Å². The summed E-state index contributed by atoms with van der Waals surface area (Å²) in [5.74, 6) is 3.46. The summed E-state index contributed by atoms with van der Waals surface area (Å²) in [4.78, 5) is 0. The van der Waals surface area contributed by atoms with Crippen LogP contribution in [0.2, 0.25) is 0 Å². The van der Waals surface area contributed by atoms with Crippen molar-refractivity contribution in [2.45, 2.75) is 39.0 Å². The summed E-state index contributed by atoms with van der Waals surface area (Å²) in [6.07, 6.45) is 9.65. The molecule has 1 aliphatic rings. The minimum Gasteiger partial charge on any atom is -0.165 e. The van der Waals surface area contributed by atoms with Gasteiger partial charge < -0.3 is 0 Å². The summed E-state index contributed by atoms with van der Waals surface area (Å²) < 4.78 is 0. The fourth-order valence-corrected chi connectivity index (χ4v) is 2.47. The Kier molecular flexibility index (Phi) is 4.36. The second kappa shape index (κ2) is 5.08. The third-order valence-electron chi connectivity index (χ3n) is 2.87. The first kappa shape index (κ1) is 9.44. The van der Waals surface area contributed by atoms with Crippen LogP contribution in [-0.2, 0) is 0 Å². The van der Waals surface area contributed by atoms with Crippen LogP contribution in [-0.4, -0.2) is 12.0 Å². The Morgan fingerprint density at radius 3 is 2.36 bits per heavy atom. The van der Waals surface area contributed by atoms with Gasteiger partial charge in [0.05, 0.1) is 0 Å². The largest absolute Gasteiger partial charge is 0.165 e. The maximum Gasteiger partial charge on any atom is -0.00677 e. The molecule has 0 radical (unpaired) electrons. The predicted molar refractivity (Wildman–Crippen MR) is 54.1 cm³/mol. The second-order valence-corrected chi connectivity index (χ2v) is 4.89. The lowest BCUT2D eigenvalue weighted by molar-refractivity contribution is 0.285. The van der Waals surface area contributed by atoms with Crippen LogP contribution < -0.4 is 0 Å². The van der Waals surface area contributed by atoms with Gasteiger partial charge in [0.2, 0.25) is 0 Å². The molecular weight excluding hydrogens is 152 g/mol. The minimum absolute atomic E-state index is 1.01. The number of rotatable bonds is 3. The van der Waals surface area contributed by atoms with Crippen molar-refractivity contribution in [3.05, 3.63) is 0 Å². The molecule has 0 aromatic carbocycles. The summed E-state index contributed by atoms with van der Waals surface area (Å²) in [6, 6.07) is 0. The van der Waals surface area contributed by atoms with E-state index in [4.69, 9.17) is 0 Å². The molecule has 1 heteroatoms. The van der Waals surface area contributed by atoms with Gasteiger partial charge in [-0.05, 0) is 30.3 Å². The van der Waals surface area contributed by atoms with Crippen LogP contribution >= 0.6 is 11.8 Å². The Hall–Kier alpha value is 0.350. The fourth-order valence-electron chi connectivity index (χ4n) is 1.90. The Labute approximate surface area is 75.1 Å². The molecule has 1 rings (SSSR count). The van der Waals surface area contributed by atoms with E-state index in [2.05, 4.69) is 13.2 Å².